The molecule has 0 saturated carbocycles. The molecule has 2 N–H and O–H groups in total. The maximum atomic E-state index is 14.6. The van der Waals surface area contributed by atoms with Crippen LogP contribution in [0.3, 0.4) is 0 Å². The highest BCUT2D eigenvalue weighted by Crippen LogP contribution is 2.26. The number of anilines is 2. The summed E-state index contributed by atoms with van der Waals surface area (Å²) < 4.78 is 26.1. The van der Waals surface area contributed by atoms with Crippen LogP contribution in [0.15, 0.2) is 42.5 Å². The number of nitrogens with one attached hydrogen (secondary N) is 2. The van der Waals surface area contributed by atoms with Gasteiger partial charge in [-0.25, -0.2) is 4.39 Å². The molecule has 2 saturated heterocycles. The monoisotopic (exact) mass is 427 g/mol. The Labute approximate surface area is 182 Å². The van der Waals surface area contributed by atoms with Crippen LogP contribution in [0.5, 0.6) is 5.75 Å². The maximum absolute atomic E-state index is 14.6. The molecule has 2 aliphatic heterocycles. The van der Waals surface area contributed by atoms with Gasteiger partial charge in [-0.15, -0.1) is 0 Å². The van der Waals surface area contributed by atoms with Crippen molar-refractivity contribution in [2.45, 2.75) is 37.8 Å². The van der Waals surface area contributed by atoms with Crippen molar-refractivity contribution < 1.29 is 18.7 Å². The Balaban J connectivity index is 1.32. The second kappa shape index (κ2) is 10.1. The fraction of sp³-hybridized carbons (Fsp3) is 0.458. The number of rotatable bonds is 7. The molecule has 1 amide bonds. The number of ether oxygens (including phenoxy) is 2. The van der Waals surface area contributed by atoms with E-state index in [-0.39, 0.29) is 17.8 Å². The zero-order chi connectivity index (χ0) is 21.6. The highest BCUT2D eigenvalue weighted by atomic mass is 19.1. The van der Waals surface area contributed by atoms with Crippen molar-refractivity contribution >= 4 is 17.3 Å². The van der Waals surface area contributed by atoms with Gasteiger partial charge in [0.2, 0.25) is 0 Å². The summed E-state index contributed by atoms with van der Waals surface area (Å²) in [6.45, 7) is 2.91. The summed E-state index contributed by atoms with van der Waals surface area (Å²) in [5.41, 5.74) is 1.49. The highest BCUT2D eigenvalue weighted by Gasteiger charge is 2.23. The van der Waals surface area contributed by atoms with E-state index in [2.05, 4.69) is 10.6 Å². The smallest absolute Gasteiger partial charge is 0.255 e. The molecular weight excluding hydrogens is 397 g/mol. The molecule has 0 radical (unpaired) electrons. The van der Waals surface area contributed by atoms with Crippen LogP contribution < -0.4 is 20.3 Å². The summed E-state index contributed by atoms with van der Waals surface area (Å²) in [4.78, 5) is 14.6. The molecule has 2 heterocycles. The summed E-state index contributed by atoms with van der Waals surface area (Å²) in [6, 6.07) is 12.2. The van der Waals surface area contributed by atoms with Gasteiger partial charge in [-0.3, -0.25) is 4.79 Å². The summed E-state index contributed by atoms with van der Waals surface area (Å²) >= 11 is 0. The highest BCUT2D eigenvalue weighted by molar-refractivity contribution is 6.04. The number of halogens is 1. The van der Waals surface area contributed by atoms with Crippen LogP contribution >= 0.6 is 0 Å². The maximum Gasteiger partial charge on any atom is 0.255 e. The van der Waals surface area contributed by atoms with Crippen molar-refractivity contribution in [3.8, 4) is 5.75 Å². The fourth-order valence-electron chi connectivity index (χ4n) is 4.09. The lowest BCUT2D eigenvalue weighted by Crippen LogP contribution is -2.29. The van der Waals surface area contributed by atoms with Crippen molar-refractivity contribution in [2.75, 3.05) is 43.6 Å². The van der Waals surface area contributed by atoms with E-state index in [0.29, 0.717) is 35.3 Å². The summed E-state index contributed by atoms with van der Waals surface area (Å²) in [5, 5.41) is 6.00. The van der Waals surface area contributed by atoms with E-state index in [0.717, 1.165) is 39.0 Å². The van der Waals surface area contributed by atoms with E-state index >= 15 is 0 Å². The van der Waals surface area contributed by atoms with Crippen molar-refractivity contribution in [1.29, 1.82) is 0 Å². The van der Waals surface area contributed by atoms with Crippen LogP contribution in [0.1, 0.15) is 36.0 Å². The first-order valence-corrected chi connectivity index (χ1v) is 11.0. The average molecular weight is 428 g/mol. The first-order valence-electron chi connectivity index (χ1n) is 11.0. The zero-order valence-electron chi connectivity index (χ0n) is 17.9. The van der Waals surface area contributed by atoms with Crippen molar-refractivity contribution in [3.63, 3.8) is 0 Å². The molecule has 2 aromatic carbocycles. The first-order chi connectivity index (χ1) is 15.1. The molecule has 7 heteroatoms. The van der Waals surface area contributed by atoms with Gasteiger partial charge in [0.15, 0.2) is 0 Å². The zero-order valence-corrected chi connectivity index (χ0v) is 17.9. The standard InChI is InChI=1S/C24H30FN3O3/c1-26-19-11-12-28(15-19)23-10-7-18(14-22(23)25)27-24(29)17-5-8-20(9-6-17)31-16-21-4-2-3-13-30-21/h5-10,14,19,21,26H,2-4,11-13,15-16H2,1H3,(H,27,29)/t19-,21?/m1/s1. The molecule has 2 atom stereocenters. The molecule has 2 aliphatic rings. The molecule has 1 unspecified atom stereocenters. The second-order valence-electron chi connectivity index (χ2n) is 8.16. The van der Waals surface area contributed by atoms with E-state index in [9.17, 15) is 9.18 Å². The Kier molecular flexibility index (Phi) is 7.04. The lowest BCUT2D eigenvalue weighted by molar-refractivity contribution is -0.0110. The minimum atomic E-state index is -0.330. The molecular formula is C24H30FN3O3. The third kappa shape index (κ3) is 5.54. The normalized spacial score (nSPS) is 21.2. The summed E-state index contributed by atoms with van der Waals surface area (Å²) in [6.07, 6.45) is 4.43. The predicted molar refractivity (Wildman–Crippen MR) is 120 cm³/mol. The number of hydrogen-bond acceptors (Lipinski definition) is 5. The third-order valence-corrected chi connectivity index (χ3v) is 5.97. The van der Waals surface area contributed by atoms with Crippen LogP contribution in [-0.4, -0.2) is 51.4 Å². The molecule has 2 fully saturated rings. The number of likely N-dealkylation sites (N-methyl/N-ethyl adjacent to an activating group) is 1. The van der Waals surface area contributed by atoms with E-state index in [1.54, 1.807) is 36.4 Å². The van der Waals surface area contributed by atoms with E-state index in [1.165, 1.54) is 12.5 Å². The molecule has 166 valence electrons. The Morgan fingerprint density at radius 2 is 2.03 bits per heavy atom. The SMILES string of the molecule is CN[C@@H]1CCN(c2ccc(NC(=O)c3ccc(OCC4CCCCO4)cc3)cc2F)C1. The largest absolute Gasteiger partial charge is 0.491 e. The van der Waals surface area contributed by atoms with Crippen LogP contribution in [0, 0.1) is 5.82 Å². The van der Waals surface area contributed by atoms with Gasteiger partial charge in [0.25, 0.3) is 5.91 Å². The predicted octanol–water partition coefficient (Wildman–Crippen LogP) is 3.82. The molecule has 2 aromatic rings. The summed E-state index contributed by atoms with van der Waals surface area (Å²) in [5.74, 6) is 0.0839. The number of hydrogen-bond donors (Lipinski definition) is 2. The second-order valence-corrected chi connectivity index (χ2v) is 8.16. The van der Waals surface area contributed by atoms with Gasteiger partial charge in [0.05, 0.1) is 11.8 Å². The topological polar surface area (TPSA) is 62.8 Å². The minimum absolute atomic E-state index is 0.138. The van der Waals surface area contributed by atoms with Gasteiger partial charge >= 0.3 is 0 Å². The van der Waals surface area contributed by atoms with Crippen molar-refractivity contribution in [3.05, 3.63) is 53.8 Å². The molecule has 0 aliphatic carbocycles. The van der Waals surface area contributed by atoms with Crippen molar-refractivity contribution in [1.82, 2.24) is 5.32 Å². The minimum Gasteiger partial charge on any atom is -0.491 e. The van der Waals surface area contributed by atoms with Gasteiger partial charge in [-0.05, 0) is 75.2 Å². The molecule has 6 nitrogen and oxygen atoms in total. The van der Waals surface area contributed by atoms with E-state index < -0.39 is 0 Å². The number of carbonyl (C=O) groups is 1. The van der Waals surface area contributed by atoms with Gasteiger partial charge in [-0.2, -0.15) is 0 Å². The van der Waals surface area contributed by atoms with Crippen LogP contribution in [0.4, 0.5) is 15.8 Å². The van der Waals surface area contributed by atoms with Crippen molar-refractivity contribution in [2.24, 2.45) is 0 Å². The van der Waals surface area contributed by atoms with E-state index in [1.807, 2.05) is 11.9 Å². The molecule has 0 bridgehead atoms. The third-order valence-electron chi connectivity index (χ3n) is 5.97. The van der Waals surface area contributed by atoms with Gasteiger partial charge in [0.1, 0.15) is 18.2 Å². The molecule has 0 aromatic heterocycles. The Morgan fingerprint density at radius 3 is 2.71 bits per heavy atom. The summed E-state index contributed by atoms with van der Waals surface area (Å²) in [7, 11) is 1.92. The lowest BCUT2D eigenvalue weighted by atomic mass is 10.1. The quantitative estimate of drug-likeness (QED) is 0.703. The Hall–Kier alpha value is -2.64. The lowest BCUT2D eigenvalue weighted by Gasteiger charge is -2.22. The van der Waals surface area contributed by atoms with Gasteiger partial charge in [0, 0.05) is 37.0 Å². The molecule has 31 heavy (non-hydrogen) atoms. The van der Waals surface area contributed by atoms with Crippen LogP contribution in [-0.2, 0) is 4.74 Å². The average Bonchev–Trinajstić information content (AvgIpc) is 3.28. The molecule has 4 rings (SSSR count). The number of amides is 1. The van der Waals surface area contributed by atoms with Gasteiger partial charge in [-0.1, -0.05) is 0 Å². The molecule has 0 spiro atoms. The first kappa shape index (κ1) is 21.6. The number of benzene rings is 2. The Bertz CT molecular complexity index is 884. The van der Waals surface area contributed by atoms with E-state index in [4.69, 9.17) is 9.47 Å². The van der Waals surface area contributed by atoms with Gasteiger partial charge < -0.3 is 25.0 Å². The number of nitrogens with zero attached hydrogens (tertiary/aromatic N) is 1. The number of carbonyl (C=O) groups excluding carboxylic acids is 1. The van der Waals surface area contributed by atoms with Crippen LogP contribution in [0.2, 0.25) is 0 Å². The fourth-order valence-corrected chi connectivity index (χ4v) is 4.09. The van der Waals surface area contributed by atoms with Crippen LogP contribution in [0.25, 0.3) is 0 Å². The Morgan fingerprint density at radius 1 is 1.19 bits per heavy atom.